The van der Waals surface area contributed by atoms with Gasteiger partial charge in [-0.2, -0.15) is 0 Å². The molecule has 1 aliphatic rings. The summed E-state index contributed by atoms with van der Waals surface area (Å²) in [4.78, 5) is 27.7. The zero-order valence-electron chi connectivity index (χ0n) is 17.3. The molecule has 2 aromatic rings. The van der Waals surface area contributed by atoms with Crippen molar-refractivity contribution in [1.29, 1.82) is 0 Å². The van der Waals surface area contributed by atoms with Crippen LogP contribution < -0.4 is 10.6 Å². The summed E-state index contributed by atoms with van der Waals surface area (Å²) < 4.78 is 0. The van der Waals surface area contributed by atoms with Gasteiger partial charge in [0.2, 0.25) is 5.91 Å². The molecule has 0 fully saturated rings. The number of amides is 1. The standard InChI is InChI=1S/C24H27N3O3.ClH/c28-23(10-4-6-14-26-22-9-3-5-13-25-22)27-17-18-11-12-19-7-1-2-8-21(19)20(15-18)16-24(29)30;/h1-3,5,7-9,11-13,15,20H,4,6,10,14,16-17H2,(H,25,26)(H,27,28)(H,29,30);1H. The Labute approximate surface area is 188 Å². The minimum Gasteiger partial charge on any atom is -0.481 e. The van der Waals surface area contributed by atoms with E-state index in [1.165, 1.54) is 0 Å². The largest absolute Gasteiger partial charge is 0.481 e. The number of allylic oxidation sites excluding steroid dienone is 1. The van der Waals surface area contributed by atoms with E-state index in [1.807, 2.05) is 60.7 Å². The quantitative estimate of drug-likeness (QED) is 0.475. The number of carbonyl (C=O) groups excluding carboxylic acids is 1. The van der Waals surface area contributed by atoms with Gasteiger partial charge >= 0.3 is 5.97 Å². The Balaban J connectivity index is 0.00000341. The first-order valence-corrected chi connectivity index (χ1v) is 10.2. The van der Waals surface area contributed by atoms with Gasteiger partial charge in [-0.15, -0.1) is 12.4 Å². The van der Waals surface area contributed by atoms with E-state index in [9.17, 15) is 14.7 Å². The normalized spacial score (nSPS) is 14.5. The summed E-state index contributed by atoms with van der Waals surface area (Å²) in [5.41, 5.74) is 2.93. The summed E-state index contributed by atoms with van der Waals surface area (Å²) >= 11 is 0. The molecule has 1 atom stereocenters. The molecule has 3 N–H and O–H groups in total. The first-order chi connectivity index (χ1) is 14.6. The molecular formula is C24H28ClN3O3. The summed E-state index contributed by atoms with van der Waals surface area (Å²) in [6, 6.07) is 13.5. The van der Waals surface area contributed by atoms with Crippen LogP contribution in [-0.2, 0) is 9.59 Å². The summed E-state index contributed by atoms with van der Waals surface area (Å²) in [5.74, 6) is -0.210. The number of hydrogen-bond donors (Lipinski definition) is 3. The summed E-state index contributed by atoms with van der Waals surface area (Å²) in [6.07, 6.45) is 9.78. The topological polar surface area (TPSA) is 91.3 Å². The number of fused-ring (bicyclic) bond motifs is 1. The van der Waals surface area contributed by atoms with Crippen LogP contribution in [0.25, 0.3) is 6.08 Å². The van der Waals surface area contributed by atoms with Crippen LogP contribution in [0, 0.1) is 0 Å². The molecule has 1 heterocycles. The molecule has 31 heavy (non-hydrogen) atoms. The molecule has 1 amide bonds. The Kier molecular flexibility index (Phi) is 9.78. The maximum Gasteiger partial charge on any atom is 0.304 e. The van der Waals surface area contributed by atoms with Crippen LogP contribution in [0.2, 0.25) is 0 Å². The highest BCUT2D eigenvalue weighted by Crippen LogP contribution is 2.30. The Morgan fingerprint density at radius 1 is 1.03 bits per heavy atom. The van der Waals surface area contributed by atoms with Gasteiger partial charge in [-0.3, -0.25) is 9.59 Å². The number of anilines is 1. The molecule has 1 aliphatic carbocycles. The van der Waals surface area contributed by atoms with Gasteiger partial charge in [-0.1, -0.05) is 48.6 Å². The number of carbonyl (C=O) groups is 2. The van der Waals surface area contributed by atoms with E-state index >= 15 is 0 Å². The van der Waals surface area contributed by atoms with E-state index in [0.29, 0.717) is 13.0 Å². The third-order valence-corrected chi connectivity index (χ3v) is 4.97. The van der Waals surface area contributed by atoms with Crippen molar-refractivity contribution in [3.63, 3.8) is 0 Å². The molecule has 1 unspecified atom stereocenters. The lowest BCUT2D eigenvalue weighted by Gasteiger charge is -2.13. The maximum absolute atomic E-state index is 12.2. The average molecular weight is 442 g/mol. The number of benzene rings is 1. The fourth-order valence-corrected chi connectivity index (χ4v) is 3.46. The van der Waals surface area contributed by atoms with Crippen LogP contribution >= 0.6 is 12.4 Å². The predicted molar refractivity (Wildman–Crippen MR) is 125 cm³/mol. The first-order valence-electron chi connectivity index (χ1n) is 10.2. The minimum absolute atomic E-state index is 0. The van der Waals surface area contributed by atoms with Crippen LogP contribution in [0.15, 0.2) is 66.4 Å². The molecule has 0 aliphatic heterocycles. The minimum atomic E-state index is -0.837. The average Bonchev–Trinajstić information content (AvgIpc) is 2.92. The first kappa shape index (κ1) is 24.2. The number of rotatable bonds is 10. The molecule has 1 aromatic heterocycles. The Hall–Kier alpha value is -3.12. The molecule has 3 rings (SSSR count). The number of nitrogens with one attached hydrogen (secondary N) is 2. The van der Waals surface area contributed by atoms with Crippen LogP contribution in [0.4, 0.5) is 5.82 Å². The number of nitrogens with zero attached hydrogens (tertiary/aromatic N) is 1. The van der Waals surface area contributed by atoms with Gasteiger partial charge in [0.1, 0.15) is 5.82 Å². The van der Waals surface area contributed by atoms with E-state index in [4.69, 9.17) is 0 Å². The smallest absolute Gasteiger partial charge is 0.304 e. The number of aliphatic carboxylic acids is 1. The van der Waals surface area contributed by atoms with E-state index in [1.54, 1.807) is 6.20 Å². The number of aromatic nitrogens is 1. The van der Waals surface area contributed by atoms with Crippen molar-refractivity contribution >= 4 is 36.2 Å². The summed E-state index contributed by atoms with van der Waals surface area (Å²) in [5, 5.41) is 15.5. The monoisotopic (exact) mass is 441 g/mol. The third-order valence-electron chi connectivity index (χ3n) is 4.97. The predicted octanol–water partition coefficient (Wildman–Crippen LogP) is 4.41. The van der Waals surface area contributed by atoms with Gasteiger partial charge in [0.15, 0.2) is 0 Å². The van der Waals surface area contributed by atoms with Gasteiger partial charge in [0.25, 0.3) is 0 Å². The highest BCUT2D eigenvalue weighted by Gasteiger charge is 2.18. The maximum atomic E-state index is 12.2. The fraction of sp³-hybridized carbons (Fsp3) is 0.292. The molecule has 164 valence electrons. The zero-order valence-corrected chi connectivity index (χ0v) is 18.1. The van der Waals surface area contributed by atoms with Crippen LogP contribution in [0.1, 0.15) is 42.7 Å². The molecular weight excluding hydrogens is 414 g/mol. The third kappa shape index (κ3) is 7.90. The van der Waals surface area contributed by atoms with Gasteiger partial charge in [0, 0.05) is 31.6 Å². The lowest BCUT2D eigenvalue weighted by Crippen LogP contribution is -2.25. The van der Waals surface area contributed by atoms with Gasteiger partial charge < -0.3 is 15.7 Å². The van der Waals surface area contributed by atoms with Crippen molar-refractivity contribution in [1.82, 2.24) is 10.3 Å². The SMILES string of the molecule is Cl.O=C(O)CC1C=C(CNC(=O)CCCCNc2ccccn2)C=Cc2ccccc21. The number of pyridine rings is 1. The number of unbranched alkanes of at least 4 members (excludes halogenated alkanes) is 1. The number of hydrogen-bond acceptors (Lipinski definition) is 4. The Morgan fingerprint density at radius 3 is 2.61 bits per heavy atom. The zero-order chi connectivity index (χ0) is 21.2. The van der Waals surface area contributed by atoms with Crippen molar-refractivity contribution in [2.45, 2.75) is 31.6 Å². The molecule has 7 heteroatoms. The molecule has 0 radical (unpaired) electrons. The highest BCUT2D eigenvalue weighted by atomic mass is 35.5. The molecule has 0 spiro atoms. The van der Waals surface area contributed by atoms with Crippen LogP contribution in [0.3, 0.4) is 0 Å². The molecule has 6 nitrogen and oxygen atoms in total. The summed E-state index contributed by atoms with van der Waals surface area (Å²) in [6.45, 7) is 1.17. The van der Waals surface area contributed by atoms with Gasteiger partial charge in [-0.05, 0) is 41.7 Å². The number of halogens is 1. The second-order valence-electron chi connectivity index (χ2n) is 7.28. The fourth-order valence-electron chi connectivity index (χ4n) is 3.46. The van der Waals surface area contributed by atoms with Crippen molar-refractivity contribution in [3.05, 3.63) is 77.5 Å². The second kappa shape index (κ2) is 12.5. The molecule has 0 bridgehead atoms. The van der Waals surface area contributed by atoms with Crippen molar-refractivity contribution in [3.8, 4) is 0 Å². The lowest BCUT2D eigenvalue weighted by atomic mass is 9.91. The summed E-state index contributed by atoms with van der Waals surface area (Å²) in [7, 11) is 0. The van der Waals surface area contributed by atoms with E-state index < -0.39 is 5.97 Å². The highest BCUT2D eigenvalue weighted by molar-refractivity contribution is 5.85. The van der Waals surface area contributed by atoms with Crippen molar-refractivity contribution in [2.75, 3.05) is 18.4 Å². The molecule has 0 saturated heterocycles. The second-order valence-corrected chi connectivity index (χ2v) is 7.28. The van der Waals surface area contributed by atoms with E-state index in [2.05, 4.69) is 15.6 Å². The Bertz CT molecular complexity index is 929. The van der Waals surface area contributed by atoms with Crippen molar-refractivity contribution in [2.24, 2.45) is 0 Å². The number of carboxylic acid groups (broad SMARTS) is 1. The number of carboxylic acids is 1. The van der Waals surface area contributed by atoms with Crippen LogP contribution in [0.5, 0.6) is 0 Å². The van der Waals surface area contributed by atoms with Gasteiger partial charge in [0.05, 0.1) is 6.42 Å². The van der Waals surface area contributed by atoms with Crippen molar-refractivity contribution < 1.29 is 14.7 Å². The molecule has 1 aromatic carbocycles. The van der Waals surface area contributed by atoms with Crippen LogP contribution in [-0.4, -0.2) is 35.1 Å². The van der Waals surface area contributed by atoms with Gasteiger partial charge in [-0.25, -0.2) is 4.98 Å². The Morgan fingerprint density at radius 2 is 1.84 bits per heavy atom. The molecule has 0 saturated carbocycles. The lowest BCUT2D eigenvalue weighted by molar-refractivity contribution is -0.137. The van der Waals surface area contributed by atoms with E-state index in [0.717, 1.165) is 41.9 Å². The van der Waals surface area contributed by atoms with E-state index in [-0.39, 0.29) is 30.7 Å².